The van der Waals surface area contributed by atoms with Crippen LogP contribution in [0.3, 0.4) is 0 Å². The van der Waals surface area contributed by atoms with Gasteiger partial charge in [-0.2, -0.15) is 11.3 Å². The van der Waals surface area contributed by atoms with Crippen molar-refractivity contribution in [3.63, 3.8) is 0 Å². The van der Waals surface area contributed by atoms with E-state index in [1.807, 2.05) is 70.4 Å². The quantitative estimate of drug-likeness (QED) is 0.332. The molecular weight excluding hydrogens is 642 g/mol. The summed E-state index contributed by atoms with van der Waals surface area (Å²) in [7, 11) is 3.79. The van der Waals surface area contributed by atoms with E-state index in [1.54, 1.807) is 13.8 Å². The van der Waals surface area contributed by atoms with E-state index in [-0.39, 0.29) is 18.1 Å². The number of aliphatic hydroxyl groups excluding tert-OH is 1. The topological polar surface area (TPSA) is 139 Å². The predicted octanol–water partition coefficient (Wildman–Crippen LogP) is 4.87. The number of thiophene rings is 1. The summed E-state index contributed by atoms with van der Waals surface area (Å²) in [5.74, 6) is -3.88. The second-order valence-electron chi connectivity index (χ2n) is 14.9. The van der Waals surface area contributed by atoms with Gasteiger partial charge in [0.2, 0.25) is 0 Å². The molecule has 5 heterocycles. The lowest BCUT2D eigenvalue weighted by Crippen LogP contribution is -2.59. The van der Waals surface area contributed by atoms with Crippen LogP contribution in [0.5, 0.6) is 0 Å². The van der Waals surface area contributed by atoms with Gasteiger partial charge in [0.05, 0.1) is 23.9 Å². The Morgan fingerprint density at radius 2 is 1.77 bits per heavy atom. The number of aliphatic hydroxyl groups is 1. The predicted molar refractivity (Wildman–Crippen MR) is 175 cm³/mol. The standard InChI is InChI=1S/C35H53NO11S/c1-11-24-35(8)29(45-33(40)47-35)21(6)27-17(2)15-34(7,46-31(43-27)22-12-13-48-16-22)28(19(4)25(37)20(5)30(39)42-24)44-32-26(38)23(36(9)10)14-18(3)41-32/h12-13,16-21,23-24,26-29,31-32,38H,11,14-15H2,1-10H3/t17-,18-,19+,20-,21-,23+,24-,26-,27+,28-,29?,31?,32+,34?,35-/m1/s1. The second-order valence-corrected chi connectivity index (χ2v) is 15.7. The lowest BCUT2D eigenvalue weighted by Gasteiger charge is -2.47. The molecule has 1 N–H and O–H groups in total. The minimum Gasteiger partial charge on any atom is -0.457 e. The molecule has 0 saturated carbocycles. The summed E-state index contributed by atoms with van der Waals surface area (Å²) < 4.78 is 44.3. The zero-order valence-electron chi connectivity index (χ0n) is 29.7. The third-order valence-electron chi connectivity index (χ3n) is 11.0. The molecular formula is C35H53NO11S. The first-order chi connectivity index (χ1) is 22.5. The molecule has 4 fully saturated rings. The van der Waals surface area contributed by atoms with Crippen molar-refractivity contribution in [3.8, 4) is 0 Å². The van der Waals surface area contributed by atoms with E-state index >= 15 is 0 Å². The zero-order valence-corrected chi connectivity index (χ0v) is 30.6. The average Bonchev–Trinajstić information content (AvgIpc) is 3.64. The van der Waals surface area contributed by atoms with E-state index < -0.39 is 90.0 Å². The molecule has 48 heavy (non-hydrogen) atoms. The number of nitrogens with zero attached hydrogens (tertiary/aromatic N) is 1. The Morgan fingerprint density at radius 1 is 1.06 bits per heavy atom. The van der Waals surface area contributed by atoms with Crippen molar-refractivity contribution in [1.29, 1.82) is 0 Å². The molecule has 4 aliphatic heterocycles. The Hall–Kier alpha value is -2.13. The van der Waals surface area contributed by atoms with Crippen LogP contribution >= 0.6 is 11.3 Å². The van der Waals surface area contributed by atoms with Gasteiger partial charge < -0.3 is 43.2 Å². The molecule has 1 aromatic rings. The third kappa shape index (κ3) is 6.93. The van der Waals surface area contributed by atoms with Crippen molar-refractivity contribution in [1.82, 2.24) is 4.90 Å². The highest BCUT2D eigenvalue weighted by Gasteiger charge is 2.60. The molecule has 5 rings (SSSR count). The maximum Gasteiger partial charge on any atom is 0.509 e. The number of ketones is 1. The molecule has 3 unspecified atom stereocenters. The number of cyclic esters (lactones) is 1. The summed E-state index contributed by atoms with van der Waals surface area (Å²) in [6, 6.07) is 1.68. The number of carbonyl (C=O) groups is 3. The second kappa shape index (κ2) is 14.2. The van der Waals surface area contributed by atoms with Crippen molar-refractivity contribution < 1.29 is 52.6 Å². The van der Waals surface area contributed by atoms with Crippen LogP contribution < -0.4 is 0 Å². The summed E-state index contributed by atoms with van der Waals surface area (Å²) in [5.41, 5.74) is -1.73. The van der Waals surface area contributed by atoms with Crippen LogP contribution in [-0.2, 0) is 42.7 Å². The largest absolute Gasteiger partial charge is 0.509 e. The fourth-order valence-corrected chi connectivity index (χ4v) is 9.03. The van der Waals surface area contributed by atoms with Crippen LogP contribution in [0.15, 0.2) is 16.8 Å². The number of hydrogen-bond donors (Lipinski definition) is 1. The Labute approximate surface area is 287 Å². The SMILES string of the molecule is CC[C@H]1OC(=O)[C@H](C)C(=O)[C@H](C)[C@@H](O[C@@H]2O[C@H](C)C[C@H](N(C)C)[C@H]2O)C2(C)C[C@@H](C)[C@H](OC(c3ccsc3)O2)[C@@H](C)C2OC(=O)O[C@@]21C. The van der Waals surface area contributed by atoms with Crippen LogP contribution in [0.4, 0.5) is 4.79 Å². The molecule has 12 nitrogen and oxygen atoms in total. The van der Waals surface area contributed by atoms with Gasteiger partial charge in [-0.1, -0.05) is 27.7 Å². The van der Waals surface area contributed by atoms with Crippen LogP contribution in [-0.4, -0.2) is 102 Å². The van der Waals surface area contributed by atoms with Crippen molar-refractivity contribution >= 4 is 29.2 Å². The van der Waals surface area contributed by atoms with Crippen molar-refractivity contribution in [2.45, 2.75) is 141 Å². The number of fused-ring (bicyclic) bond motifs is 4. The highest BCUT2D eigenvalue weighted by molar-refractivity contribution is 7.07. The molecule has 0 aliphatic carbocycles. The van der Waals surface area contributed by atoms with Gasteiger partial charge in [-0.15, -0.1) is 0 Å². The van der Waals surface area contributed by atoms with Gasteiger partial charge in [-0.25, -0.2) is 4.79 Å². The highest BCUT2D eigenvalue weighted by atomic mass is 32.1. The molecule has 0 aromatic carbocycles. The Kier molecular flexibility index (Phi) is 11.0. The fourth-order valence-electron chi connectivity index (χ4n) is 8.36. The van der Waals surface area contributed by atoms with Crippen molar-refractivity contribution in [2.24, 2.45) is 23.7 Å². The molecule has 13 heteroatoms. The first-order valence-electron chi connectivity index (χ1n) is 17.1. The molecule has 270 valence electrons. The minimum absolute atomic E-state index is 0.209. The van der Waals surface area contributed by atoms with Gasteiger partial charge in [0.15, 0.2) is 30.1 Å². The lowest BCUT2D eigenvalue weighted by molar-refractivity contribution is -0.312. The van der Waals surface area contributed by atoms with Gasteiger partial charge in [-0.05, 0) is 83.8 Å². The van der Waals surface area contributed by atoms with Crippen LogP contribution in [0, 0.1) is 23.7 Å². The average molecular weight is 696 g/mol. The number of likely N-dealkylation sites (N-methyl/N-ethyl adjacent to an activating group) is 1. The summed E-state index contributed by atoms with van der Waals surface area (Å²) in [6.45, 7) is 14.6. The van der Waals surface area contributed by atoms with E-state index in [1.165, 1.54) is 18.3 Å². The third-order valence-corrected chi connectivity index (χ3v) is 11.7. The normalized spacial score (nSPS) is 45.9. The maximum atomic E-state index is 14.3. The maximum absolute atomic E-state index is 14.3. The minimum atomic E-state index is -1.34. The van der Waals surface area contributed by atoms with Gasteiger partial charge in [0.1, 0.15) is 18.1 Å². The molecule has 4 aliphatic rings. The summed E-state index contributed by atoms with van der Waals surface area (Å²) in [6.07, 6.45) is -5.99. The van der Waals surface area contributed by atoms with E-state index in [4.69, 9.17) is 33.2 Å². The van der Waals surface area contributed by atoms with E-state index in [0.29, 0.717) is 19.3 Å². The number of hydrogen-bond acceptors (Lipinski definition) is 13. The van der Waals surface area contributed by atoms with E-state index in [2.05, 4.69) is 0 Å². The first kappa shape index (κ1) is 37.1. The van der Waals surface area contributed by atoms with Crippen LogP contribution in [0.1, 0.15) is 86.5 Å². The summed E-state index contributed by atoms with van der Waals surface area (Å²) in [4.78, 5) is 42.7. The lowest BCUT2D eigenvalue weighted by atomic mass is 9.73. The van der Waals surface area contributed by atoms with Gasteiger partial charge >= 0.3 is 12.1 Å². The molecule has 4 saturated heterocycles. The Balaban J connectivity index is 1.64. The highest BCUT2D eigenvalue weighted by Crippen LogP contribution is 2.48. The Bertz CT molecular complexity index is 1310. The number of esters is 1. The van der Waals surface area contributed by atoms with Gasteiger partial charge in [0.25, 0.3) is 0 Å². The molecule has 1 aromatic heterocycles. The van der Waals surface area contributed by atoms with Crippen LogP contribution in [0.25, 0.3) is 0 Å². The summed E-state index contributed by atoms with van der Waals surface area (Å²) in [5, 5.41) is 15.4. The number of ether oxygens (including phenoxy) is 7. The molecule has 2 bridgehead atoms. The molecule has 0 radical (unpaired) electrons. The molecule has 15 atom stereocenters. The van der Waals surface area contributed by atoms with Gasteiger partial charge in [0, 0.05) is 23.4 Å². The Morgan fingerprint density at radius 3 is 2.40 bits per heavy atom. The van der Waals surface area contributed by atoms with Crippen LogP contribution in [0.2, 0.25) is 0 Å². The number of carbonyl (C=O) groups excluding carboxylic acids is 3. The fraction of sp³-hybridized carbons (Fsp3) is 0.800. The first-order valence-corrected chi connectivity index (χ1v) is 18.1. The summed E-state index contributed by atoms with van der Waals surface area (Å²) >= 11 is 1.50. The van der Waals surface area contributed by atoms with E-state index in [9.17, 15) is 19.5 Å². The van der Waals surface area contributed by atoms with Crippen molar-refractivity contribution in [3.05, 3.63) is 22.4 Å². The number of Topliss-reactive ketones (excluding diaryl/α,β-unsaturated/α-hetero) is 1. The van der Waals surface area contributed by atoms with E-state index in [0.717, 1.165) is 5.56 Å². The zero-order chi connectivity index (χ0) is 35.3. The monoisotopic (exact) mass is 695 g/mol. The van der Waals surface area contributed by atoms with Gasteiger partial charge in [-0.3, -0.25) is 9.59 Å². The smallest absolute Gasteiger partial charge is 0.457 e. The van der Waals surface area contributed by atoms with Crippen molar-refractivity contribution in [2.75, 3.05) is 14.1 Å². The molecule has 0 amide bonds. The molecule has 0 spiro atoms. The number of rotatable bonds is 5.